The average Bonchev–Trinajstić information content (AvgIpc) is 3.60. The number of carboxylic acids is 1. The number of halogens is 4. The van der Waals surface area contributed by atoms with Crippen LogP contribution in [0.1, 0.15) is 58.6 Å². The van der Waals surface area contributed by atoms with Crippen LogP contribution in [0.3, 0.4) is 0 Å². The second-order valence-corrected chi connectivity index (χ2v) is 9.98. The fraction of sp³-hybridized carbons (Fsp3) is 0.440. The summed E-state index contributed by atoms with van der Waals surface area (Å²) < 4.78 is 46.1. The number of hydrogen-bond acceptors (Lipinski definition) is 4. The lowest BCUT2D eigenvalue weighted by Gasteiger charge is -2.37. The van der Waals surface area contributed by atoms with Gasteiger partial charge in [0.25, 0.3) is 0 Å². The van der Waals surface area contributed by atoms with Crippen molar-refractivity contribution in [3.63, 3.8) is 0 Å². The van der Waals surface area contributed by atoms with Gasteiger partial charge in [0.05, 0.1) is 22.7 Å². The molecule has 3 aliphatic rings. The van der Waals surface area contributed by atoms with Crippen LogP contribution in [0.25, 0.3) is 0 Å². The van der Waals surface area contributed by atoms with Crippen molar-refractivity contribution in [1.29, 1.82) is 0 Å². The van der Waals surface area contributed by atoms with Gasteiger partial charge in [0.1, 0.15) is 5.60 Å². The van der Waals surface area contributed by atoms with E-state index in [0.29, 0.717) is 50.3 Å². The van der Waals surface area contributed by atoms with Crippen LogP contribution < -0.4 is 4.90 Å². The predicted octanol–water partition coefficient (Wildman–Crippen LogP) is 5.93. The molecule has 10 heteroatoms. The number of ether oxygens (including phenoxy) is 1. The number of rotatable bonds is 5. The van der Waals surface area contributed by atoms with Crippen LogP contribution in [0.5, 0.6) is 0 Å². The molecule has 1 aliphatic carbocycles. The average molecular weight is 509 g/mol. The van der Waals surface area contributed by atoms with Crippen molar-refractivity contribution in [2.45, 2.75) is 49.9 Å². The van der Waals surface area contributed by atoms with Gasteiger partial charge in [-0.2, -0.15) is 13.2 Å². The van der Waals surface area contributed by atoms with Crippen LogP contribution in [-0.2, 0) is 17.5 Å². The van der Waals surface area contributed by atoms with Crippen LogP contribution in [0, 0.1) is 0 Å². The molecule has 35 heavy (non-hydrogen) atoms. The van der Waals surface area contributed by atoms with Crippen molar-refractivity contribution < 1.29 is 32.6 Å². The summed E-state index contributed by atoms with van der Waals surface area (Å²) in [6.45, 7) is 1.88. The summed E-state index contributed by atoms with van der Waals surface area (Å²) >= 11 is 5.97. The van der Waals surface area contributed by atoms with Crippen molar-refractivity contribution in [3.8, 4) is 0 Å². The summed E-state index contributed by atoms with van der Waals surface area (Å²) in [5, 5.41) is 8.81. The third-order valence-electron chi connectivity index (χ3n) is 7.11. The Morgan fingerprint density at radius 3 is 2.37 bits per heavy atom. The maximum absolute atomic E-state index is 13.5. The van der Waals surface area contributed by atoms with Crippen LogP contribution in [0.15, 0.2) is 36.4 Å². The molecule has 1 spiro atoms. The van der Waals surface area contributed by atoms with E-state index < -0.39 is 29.4 Å². The molecule has 0 atom stereocenters. The molecule has 2 aromatic rings. The van der Waals surface area contributed by atoms with Gasteiger partial charge >= 0.3 is 18.2 Å². The number of piperidine rings is 1. The highest BCUT2D eigenvalue weighted by atomic mass is 35.5. The molecule has 5 rings (SSSR count). The number of likely N-dealkylation sites (tertiary alicyclic amines) is 1. The minimum atomic E-state index is -4.51. The number of alkyl halides is 3. The molecule has 0 radical (unpaired) electrons. The summed E-state index contributed by atoms with van der Waals surface area (Å²) in [6.07, 6.45) is -1.97. The number of benzene rings is 2. The number of nitrogens with zero attached hydrogens (tertiary/aromatic N) is 2. The van der Waals surface area contributed by atoms with E-state index >= 15 is 0 Å². The number of carbonyl (C=O) groups excluding carboxylic acids is 1. The minimum absolute atomic E-state index is 0.130. The molecular formula is C25H24ClF3N2O4. The Morgan fingerprint density at radius 2 is 1.80 bits per heavy atom. The normalized spacial score (nSPS) is 20.3. The van der Waals surface area contributed by atoms with E-state index in [0.717, 1.165) is 18.4 Å². The number of amides is 1. The van der Waals surface area contributed by atoms with Gasteiger partial charge in [0.2, 0.25) is 0 Å². The molecule has 2 aromatic carbocycles. The molecule has 186 valence electrons. The van der Waals surface area contributed by atoms with Crippen LogP contribution in [0.2, 0.25) is 5.02 Å². The summed E-state index contributed by atoms with van der Waals surface area (Å²) in [7, 11) is 0. The molecule has 1 N–H and O–H groups in total. The number of carbonyl (C=O) groups is 2. The molecule has 2 aliphatic heterocycles. The number of aromatic carboxylic acids is 1. The second kappa shape index (κ2) is 8.71. The lowest BCUT2D eigenvalue weighted by atomic mass is 9.90. The van der Waals surface area contributed by atoms with Crippen molar-refractivity contribution in [3.05, 3.63) is 63.7 Å². The summed E-state index contributed by atoms with van der Waals surface area (Å²) in [6, 6.07) is 8.72. The molecule has 1 amide bonds. The standard InChI is InChI=1S/C25H24ClF3N2O4/c26-21-12-19(15-1-2-15)17(11-20(21)25(27,28)29)13-30-9-7-24(8-10-30)14-31(23(34)35-24)18-5-3-16(4-6-18)22(32)33/h3-6,11-12,15H,1-2,7-10,13-14H2,(H,32,33). The van der Waals surface area contributed by atoms with Crippen molar-refractivity contribution in [1.82, 2.24) is 4.90 Å². The zero-order valence-corrected chi connectivity index (χ0v) is 19.5. The molecule has 1 saturated carbocycles. The maximum Gasteiger partial charge on any atom is 0.417 e. The number of anilines is 1. The highest BCUT2D eigenvalue weighted by Crippen LogP contribution is 2.46. The Balaban J connectivity index is 1.27. The monoisotopic (exact) mass is 508 g/mol. The largest absolute Gasteiger partial charge is 0.478 e. The minimum Gasteiger partial charge on any atom is -0.478 e. The van der Waals surface area contributed by atoms with Gasteiger partial charge in [-0.05, 0) is 66.3 Å². The summed E-state index contributed by atoms with van der Waals surface area (Å²) in [5.74, 6) is -0.782. The van der Waals surface area contributed by atoms with Crippen molar-refractivity contribution in [2.24, 2.45) is 0 Å². The third kappa shape index (κ3) is 4.84. The first kappa shape index (κ1) is 23.9. The summed E-state index contributed by atoms with van der Waals surface area (Å²) in [4.78, 5) is 27.3. The molecule has 3 fully saturated rings. The number of carboxylic acid groups (broad SMARTS) is 1. The zero-order chi connectivity index (χ0) is 25.0. The Bertz CT molecular complexity index is 1160. The van der Waals surface area contributed by atoms with Gasteiger partial charge in [0, 0.05) is 38.2 Å². The van der Waals surface area contributed by atoms with Gasteiger partial charge in [-0.15, -0.1) is 0 Å². The summed E-state index contributed by atoms with van der Waals surface area (Å²) in [5.41, 5.74) is 0.770. The zero-order valence-electron chi connectivity index (χ0n) is 18.8. The maximum atomic E-state index is 13.5. The first-order chi connectivity index (χ1) is 16.5. The van der Waals surface area contributed by atoms with Crippen LogP contribution >= 0.6 is 11.6 Å². The van der Waals surface area contributed by atoms with Gasteiger partial charge in [-0.3, -0.25) is 9.80 Å². The van der Waals surface area contributed by atoms with E-state index in [-0.39, 0.29) is 16.5 Å². The Kier molecular flexibility index (Phi) is 5.96. The Labute approximate surface area is 205 Å². The fourth-order valence-electron chi connectivity index (χ4n) is 4.99. The molecule has 0 bridgehead atoms. The van der Waals surface area contributed by atoms with E-state index in [1.165, 1.54) is 29.2 Å². The van der Waals surface area contributed by atoms with Crippen molar-refractivity contribution >= 4 is 29.4 Å². The predicted molar refractivity (Wildman–Crippen MR) is 123 cm³/mol. The SMILES string of the molecule is O=C(O)c1ccc(N2CC3(CCN(Cc4cc(C(F)(F)F)c(Cl)cc4C4CC4)CC3)OC2=O)cc1. The highest BCUT2D eigenvalue weighted by molar-refractivity contribution is 6.31. The van der Waals surface area contributed by atoms with Gasteiger partial charge in [-0.25, -0.2) is 9.59 Å². The van der Waals surface area contributed by atoms with E-state index in [1.54, 1.807) is 12.1 Å². The molecular weight excluding hydrogens is 485 g/mol. The lowest BCUT2D eigenvalue weighted by Crippen LogP contribution is -2.46. The van der Waals surface area contributed by atoms with E-state index in [1.807, 2.05) is 0 Å². The Morgan fingerprint density at radius 1 is 1.14 bits per heavy atom. The Hall–Kier alpha value is -2.78. The molecule has 0 unspecified atom stereocenters. The molecule has 0 aromatic heterocycles. The molecule has 2 saturated heterocycles. The quantitative estimate of drug-likeness (QED) is 0.542. The smallest absolute Gasteiger partial charge is 0.417 e. The van der Waals surface area contributed by atoms with Gasteiger partial charge in [0.15, 0.2) is 0 Å². The van der Waals surface area contributed by atoms with Crippen LogP contribution in [0.4, 0.5) is 23.7 Å². The third-order valence-corrected chi connectivity index (χ3v) is 7.42. The van der Waals surface area contributed by atoms with E-state index in [2.05, 4.69) is 4.90 Å². The van der Waals surface area contributed by atoms with Crippen LogP contribution in [-0.4, -0.2) is 47.3 Å². The molecule has 2 heterocycles. The lowest BCUT2D eigenvalue weighted by molar-refractivity contribution is -0.137. The second-order valence-electron chi connectivity index (χ2n) is 9.57. The van der Waals surface area contributed by atoms with E-state index in [9.17, 15) is 22.8 Å². The highest BCUT2D eigenvalue weighted by Gasteiger charge is 2.47. The molecule has 6 nitrogen and oxygen atoms in total. The van der Waals surface area contributed by atoms with E-state index in [4.69, 9.17) is 21.4 Å². The first-order valence-corrected chi connectivity index (χ1v) is 11.9. The fourth-order valence-corrected chi connectivity index (χ4v) is 5.27. The van der Waals surface area contributed by atoms with Gasteiger partial charge in [-0.1, -0.05) is 11.6 Å². The number of hydrogen-bond donors (Lipinski definition) is 1. The first-order valence-electron chi connectivity index (χ1n) is 11.5. The van der Waals surface area contributed by atoms with Gasteiger partial charge < -0.3 is 9.84 Å². The topological polar surface area (TPSA) is 70.1 Å². The van der Waals surface area contributed by atoms with Crippen molar-refractivity contribution in [2.75, 3.05) is 24.5 Å².